The van der Waals surface area contributed by atoms with E-state index in [2.05, 4.69) is 4.98 Å². The molecule has 31 heavy (non-hydrogen) atoms. The van der Waals surface area contributed by atoms with Gasteiger partial charge in [-0.3, -0.25) is 14.4 Å². The molecule has 0 radical (unpaired) electrons. The maximum Gasteiger partial charge on any atom is 0.256 e. The van der Waals surface area contributed by atoms with Crippen molar-refractivity contribution in [3.8, 4) is 0 Å². The van der Waals surface area contributed by atoms with E-state index < -0.39 is 0 Å². The summed E-state index contributed by atoms with van der Waals surface area (Å²) in [5.41, 5.74) is 1.22. The summed E-state index contributed by atoms with van der Waals surface area (Å²) in [5.74, 6) is 0.918. The van der Waals surface area contributed by atoms with Crippen molar-refractivity contribution in [3.63, 3.8) is 0 Å². The molecule has 1 aliphatic carbocycles. The molecule has 2 amide bonds. The third-order valence-electron chi connectivity index (χ3n) is 7.41. The molecule has 2 atom stereocenters. The van der Waals surface area contributed by atoms with Crippen molar-refractivity contribution < 1.29 is 14.3 Å². The van der Waals surface area contributed by atoms with Crippen LogP contribution in [0.4, 0.5) is 0 Å². The van der Waals surface area contributed by atoms with Gasteiger partial charge < -0.3 is 19.5 Å². The van der Waals surface area contributed by atoms with Gasteiger partial charge in [0.2, 0.25) is 5.91 Å². The summed E-state index contributed by atoms with van der Waals surface area (Å²) in [7, 11) is 0. The first-order valence-electron chi connectivity index (χ1n) is 11.9. The van der Waals surface area contributed by atoms with Gasteiger partial charge in [0.25, 0.3) is 11.5 Å². The van der Waals surface area contributed by atoms with Crippen LogP contribution < -0.4 is 5.56 Å². The summed E-state index contributed by atoms with van der Waals surface area (Å²) >= 11 is 0. The van der Waals surface area contributed by atoms with E-state index in [9.17, 15) is 14.4 Å². The number of ether oxygens (including phenoxy) is 1. The molecule has 3 fully saturated rings. The van der Waals surface area contributed by atoms with Crippen LogP contribution in [0.15, 0.2) is 4.79 Å². The molecule has 8 heteroatoms. The average Bonchev–Trinajstić information content (AvgIpc) is 3.52. The summed E-state index contributed by atoms with van der Waals surface area (Å²) in [5, 5.41) is 0. The lowest BCUT2D eigenvalue weighted by Crippen LogP contribution is -2.46. The number of likely N-dealkylation sites (tertiary alicyclic amines) is 1. The average molecular weight is 429 g/mol. The molecule has 1 aromatic heterocycles. The number of carbonyl (C=O) groups is 2. The van der Waals surface area contributed by atoms with Gasteiger partial charge >= 0.3 is 0 Å². The van der Waals surface area contributed by atoms with Crippen molar-refractivity contribution in [2.75, 3.05) is 19.7 Å². The van der Waals surface area contributed by atoms with Gasteiger partial charge in [0.1, 0.15) is 11.9 Å². The topological polar surface area (TPSA) is 95.6 Å². The Bertz CT molecular complexity index is 901. The number of aromatic amines is 1. The van der Waals surface area contributed by atoms with E-state index in [4.69, 9.17) is 9.72 Å². The number of piperidine rings is 1. The fourth-order valence-electron chi connectivity index (χ4n) is 5.66. The summed E-state index contributed by atoms with van der Waals surface area (Å²) in [6.45, 7) is 2.27. The highest BCUT2D eigenvalue weighted by atomic mass is 16.5. The molecule has 4 aliphatic rings. The molecule has 1 saturated carbocycles. The Kier molecular flexibility index (Phi) is 5.82. The highest BCUT2D eigenvalue weighted by molar-refractivity contribution is 5.81. The van der Waals surface area contributed by atoms with Gasteiger partial charge in [-0.15, -0.1) is 0 Å². The van der Waals surface area contributed by atoms with E-state index in [1.54, 1.807) is 0 Å². The van der Waals surface area contributed by atoms with Crippen molar-refractivity contribution in [1.29, 1.82) is 0 Å². The summed E-state index contributed by atoms with van der Waals surface area (Å²) in [4.78, 5) is 50.3. The fraction of sp³-hybridized carbons (Fsp3) is 0.739. The molecule has 0 bridgehead atoms. The van der Waals surface area contributed by atoms with E-state index in [1.807, 2.05) is 9.80 Å². The van der Waals surface area contributed by atoms with E-state index >= 15 is 0 Å². The van der Waals surface area contributed by atoms with Crippen molar-refractivity contribution >= 4 is 11.8 Å². The molecule has 0 unspecified atom stereocenters. The van der Waals surface area contributed by atoms with Gasteiger partial charge in [-0.1, -0.05) is 12.8 Å². The number of aromatic nitrogens is 2. The molecular formula is C23H32N4O4. The smallest absolute Gasteiger partial charge is 0.256 e. The Morgan fingerprint density at radius 1 is 0.968 bits per heavy atom. The van der Waals surface area contributed by atoms with Gasteiger partial charge in [-0.25, -0.2) is 4.98 Å². The number of nitrogens with one attached hydrogen (secondary N) is 1. The van der Waals surface area contributed by atoms with Crippen LogP contribution in [0.5, 0.6) is 0 Å². The Hall–Kier alpha value is -2.22. The van der Waals surface area contributed by atoms with Crippen LogP contribution in [0.25, 0.3) is 0 Å². The molecule has 3 aliphatic heterocycles. The number of H-pyrrole nitrogens is 1. The minimum Gasteiger partial charge on any atom is -0.368 e. The van der Waals surface area contributed by atoms with Crippen LogP contribution in [-0.2, 0) is 27.3 Å². The molecular weight excluding hydrogens is 396 g/mol. The predicted octanol–water partition coefficient (Wildman–Crippen LogP) is 2.08. The van der Waals surface area contributed by atoms with E-state index in [1.165, 1.54) is 0 Å². The Morgan fingerprint density at radius 2 is 1.77 bits per heavy atom. The molecule has 0 aromatic carbocycles. The lowest BCUT2D eigenvalue weighted by atomic mass is 9.98. The molecule has 168 valence electrons. The zero-order chi connectivity index (χ0) is 21.4. The normalized spacial score (nSPS) is 26.8. The SMILES string of the molecule is O=C(C1CCCC1)N1CCc2nc([C@@H]3CCCCN3C(=O)[C@@H]3CCCO3)[nH]c(=O)c2C1. The van der Waals surface area contributed by atoms with Crippen LogP contribution in [0.2, 0.25) is 0 Å². The second kappa shape index (κ2) is 8.73. The summed E-state index contributed by atoms with van der Waals surface area (Å²) < 4.78 is 5.62. The minimum atomic E-state index is -0.361. The largest absolute Gasteiger partial charge is 0.368 e. The van der Waals surface area contributed by atoms with E-state index in [-0.39, 0.29) is 35.4 Å². The van der Waals surface area contributed by atoms with Crippen molar-refractivity contribution in [2.45, 2.75) is 82.9 Å². The maximum absolute atomic E-state index is 13.0. The summed E-state index contributed by atoms with van der Waals surface area (Å²) in [6, 6.07) is -0.207. The second-order valence-corrected chi connectivity index (χ2v) is 9.41. The zero-order valence-corrected chi connectivity index (χ0v) is 18.1. The molecule has 5 rings (SSSR count). The number of carbonyl (C=O) groups excluding carboxylic acids is 2. The molecule has 0 spiro atoms. The van der Waals surface area contributed by atoms with Crippen molar-refractivity contribution in [1.82, 2.24) is 19.8 Å². The number of rotatable bonds is 3. The summed E-state index contributed by atoms with van der Waals surface area (Å²) in [6.07, 6.45) is 8.85. The Labute approximate surface area is 182 Å². The number of nitrogens with zero attached hydrogens (tertiary/aromatic N) is 3. The third-order valence-corrected chi connectivity index (χ3v) is 7.41. The fourth-order valence-corrected chi connectivity index (χ4v) is 5.66. The van der Waals surface area contributed by atoms with E-state index in [0.717, 1.165) is 63.5 Å². The molecule has 2 saturated heterocycles. The molecule has 8 nitrogen and oxygen atoms in total. The monoisotopic (exact) mass is 428 g/mol. The molecule has 1 aromatic rings. The lowest BCUT2D eigenvalue weighted by Gasteiger charge is -2.37. The highest BCUT2D eigenvalue weighted by Gasteiger charge is 2.37. The van der Waals surface area contributed by atoms with Crippen LogP contribution in [-0.4, -0.2) is 57.4 Å². The van der Waals surface area contributed by atoms with E-state index in [0.29, 0.717) is 44.0 Å². The van der Waals surface area contributed by atoms with Gasteiger partial charge in [0.05, 0.1) is 23.8 Å². The Balaban J connectivity index is 1.36. The second-order valence-electron chi connectivity index (χ2n) is 9.41. The first-order valence-corrected chi connectivity index (χ1v) is 11.9. The van der Waals surface area contributed by atoms with Crippen LogP contribution in [0.3, 0.4) is 0 Å². The number of hydrogen-bond donors (Lipinski definition) is 1. The molecule has 1 N–H and O–H groups in total. The van der Waals surface area contributed by atoms with Crippen molar-refractivity contribution in [2.24, 2.45) is 5.92 Å². The van der Waals surface area contributed by atoms with Gasteiger partial charge in [0, 0.05) is 32.0 Å². The third kappa shape index (κ3) is 4.02. The first-order chi connectivity index (χ1) is 15.1. The van der Waals surface area contributed by atoms with Crippen LogP contribution in [0.1, 0.15) is 80.9 Å². The zero-order valence-electron chi connectivity index (χ0n) is 18.1. The minimum absolute atomic E-state index is 0.0240. The Morgan fingerprint density at radius 3 is 2.55 bits per heavy atom. The standard InChI is InChI=1S/C23H32N4O4/c28-21-16-14-26(22(29)15-6-1-2-7-15)12-10-17(16)24-20(25-21)18-8-3-4-11-27(18)23(30)19-9-5-13-31-19/h15,18-19H,1-14H2,(H,24,25,28)/t18-,19-/m0/s1. The van der Waals surface area contributed by atoms with Gasteiger partial charge in [-0.2, -0.15) is 0 Å². The molecule has 4 heterocycles. The highest BCUT2D eigenvalue weighted by Crippen LogP contribution is 2.32. The maximum atomic E-state index is 13.0. The van der Waals surface area contributed by atoms with Gasteiger partial charge in [-0.05, 0) is 44.9 Å². The first kappa shape index (κ1) is 20.7. The number of hydrogen-bond acceptors (Lipinski definition) is 5. The quantitative estimate of drug-likeness (QED) is 0.795. The predicted molar refractivity (Wildman–Crippen MR) is 113 cm³/mol. The number of fused-ring (bicyclic) bond motifs is 1. The van der Waals surface area contributed by atoms with Gasteiger partial charge in [0.15, 0.2) is 0 Å². The van der Waals surface area contributed by atoms with Crippen molar-refractivity contribution in [3.05, 3.63) is 27.4 Å². The number of amides is 2. The van der Waals surface area contributed by atoms with Crippen LogP contribution >= 0.6 is 0 Å². The lowest BCUT2D eigenvalue weighted by molar-refractivity contribution is -0.145. The van der Waals surface area contributed by atoms with Crippen LogP contribution in [0, 0.1) is 5.92 Å².